The number of anilines is 2. The van der Waals surface area contributed by atoms with Gasteiger partial charge < -0.3 is 29.8 Å². The van der Waals surface area contributed by atoms with Crippen molar-refractivity contribution in [3.8, 4) is 28.6 Å². The highest BCUT2D eigenvalue weighted by Crippen LogP contribution is 2.38. The van der Waals surface area contributed by atoms with Gasteiger partial charge in [-0.05, 0) is 66.7 Å². The Morgan fingerprint density at radius 3 is 1.95 bits per heavy atom. The van der Waals surface area contributed by atoms with Crippen molar-refractivity contribution >= 4 is 34.2 Å². The predicted molar refractivity (Wildman–Crippen MR) is 150 cm³/mol. The molecule has 0 aliphatic rings. The van der Waals surface area contributed by atoms with Crippen LogP contribution in [0, 0.1) is 0 Å². The van der Waals surface area contributed by atoms with E-state index in [-0.39, 0.29) is 11.8 Å². The number of hydrogen-bond donors (Lipinski definition) is 3. The Balaban J connectivity index is 1.31. The third-order valence-electron chi connectivity index (χ3n) is 6.12. The molecular formula is C30H26N4O5. The molecular weight excluding hydrogens is 496 g/mol. The van der Waals surface area contributed by atoms with Gasteiger partial charge in [-0.25, -0.2) is 4.98 Å². The summed E-state index contributed by atoms with van der Waals surface area (Å²) in [6.07, 6.45) is 0. The van der Waals surface area contributed by atoms with Gasteiger partial charge in [-0.3, -0.25) is 9.59 Å². The number of imidazole rings is 1. The fourth-order valence-corrected chi connectivity index (χ4v) is 4.14. The van der Waals surface area contributed by atoms with Crippen LogP contribution in [0.3, 0.4) is 0 Å². The highest BCUT2D eigenvalue weighted by molar-refractivity contribution is 6.06. The molecule has 196 valence electrons. The Kier molecular flexibility index (Phi) is 7.13. The Morgan fingerprint density at radius 1 is 0.692 bits per heavy atom. The van der Waals surface area contributed by atoms with Crippen molar-refractivity contribution in [2.24, 2.45) is 0 Å². The van der Waals surface area contributed by atoms with Crippen LogP contribution in [0.15, 0.2) is 84.9 Å². The number of rotatable bonds is 8. The maximum Gasteiger partial charge on any atom is 0.255 e. The van der Waals surface area contributed by atoms with Crippen LogP contribution in [-0.2, 0) is 0 Å². The van der Waals surface area contributed by atoms with E-state index >= 15 is 0 Å². The maximum absolute atomic E-state index is 12.9. The lowest BCUT2D eigenvalue weighted by Crippen LogP contribution is -2.12. The van der Waals surface area contributed by atoms with Crippen molar-refractivity contribution in [1.29, 1.82) is 0 Å². The first-order valence-corrected chi connectivity index (χ1v) is 12.1. The summed E-state index contributed by atoms with van der Waals surface area (Å²) < 4.78 is 16.0. The molecule has 1 aromatic heterocycles. The molecule has 0 fully saturated rings. The van der Waals surface area contributed by atoms with Gasteiger partial charge in [0.15, 0.2) is 11.5 Å². The maximum atomic E-state index is 12.9. The van der Waals surface area contributed by atoms with Crippen molar-refractivity contribution in [3.63, 3.8) is 0 Å². The highest BCUT2D eigenvalue weighted by atomic mass is 16.5. The SMILES string of the molecule is COc1cc(C(=O)Nc2ccc(-c3nc4ccc(NC(=O)c5ccccc5)cc4[nH]3)cc2)cc(OC)c1OC. The fraction of sp³-hybridized carbons (Fsp3) is 0.100. The second kappa shape index (κ2) is 11.0. The first kappa shape index (κ1) is 25.3. The predicted octanol–water partition coefficient (Wildman–Crippen LogP) is 5.76. The molecule has 0 aliphatic carbocycles. The number of ether oxygens (including phenoxy) is 3. The standard InChI is InChI=1S/C30H26N4O5/c1-37-25-15-20(16-26(38-2)27(25)39-3)30(36)31-21-11-9-18(10-12-21)28-33-23-14-13-22(17-24(23)34-28)32-29(35)19-7-5-4-6-8-19/h4-17H,1-3H3,(H,31,36)(H,32,35)(H,33,34). The van der Waals surface area contributed by atoms with E-state index in [1.165, 1.54) is 21.3 Å². The van der Waals surface area contributed by atoms with Crippen molar-refractivity contribution in [1.82, 2.24) is 9.97 Å². The Morgan fingerprint density at radius 2 is 1.31 bits per heavy atom. The lowest BCUT2D eigenvalue weighted by atomic mass is 10.1. The van der Waals surface area contributed by atoms with E-state index in [0.29, 0.717) is 45.6 Å². The number of aromatic nitrogens is 2. The van der Waals surface area contributed by atoms with Crippen LogP contribution in [-0.4, -0.2) is 43.1 Å². The van der Waals surface area contributed by atoms with E-state index in [9.17, 15) is 9.59 Å². The molecule has 0 unspecified atom stereocenters. The van der Waals surface area contributed by atoms with Crippen LogP contribution >= 0.6 is 0 Å². The van der Waals surface area contributed by atoms with E-state index in [2.05, 4.69) is 20.6 Å². The molecule has 0 atom stereocenters. The number of amides is 2. The molecule has 0 saturated carbocycles. The van der Waals surface area contributed by atoms with Gasteiger partial charge >= 0.3 is 0 Å². The highest BCUT2D eigenvalue weighted by Gasteiger charge is 2.17. The topological polar surface area (TPSA) is 115 Å². The minimum absolute atomic E-state index is 0.182. The van der Waals surface area contributed by atoms with Crippen LogP contribution in [0.2, 0.25) is 0 Å². The summed E-state index contributed by atoms with van der Waals surface area (Å²) in [5.74, 6) is 1.36. The first-order valence-electron chi connectivity index (χ1n) is 12.1. The zero-order chi connectivity index (χ0) is 27.4. The van der Waals surface area contributed by atoms with Gasteiger partial charge in [0.05, 0.1) is 32.4 Å². The number of H-pyrrole nitrogens is 1. The molecule has 0 saturated heterocycles. The number of carbonyl (C=O) groups is 2. The summed E-state index contributed by atoms with van der Waals surface area (Å²) in [6.45, 7) is 0. The minimum atomic E-state index is -0.323. The van der Waals surface area contributed by atoms with Crippen LogP contribution in [0.1, 0.15) is 20.7 Å². The summed E-state index contributed by atoms with van der Waals surface area (Å²) >= 11 is 0. The first-order chi connectivity index (χ1) is 19.0. The third kappa shape index (κ3) is 5.37. The molecule has 9 nitrogen and oxygen atoms in total. The summed E-state index contributed by atoms with van der Waals surface area (Å²) in [5.41, 5.74) is 4.61. The second-order valence-corrected chi connectivity index (χ2v) is 8.58. The molecule has 3 N–H and O–H groups in total. The molecule has 0 aliphatic heterocycles. The van der Waals surface area contributed by atoms with Crippen molar-refractivity contribution in [2.75, 3.05) is 32.0 Å². The largest absolute Gasteiger partial charge is 0.493 e. The van der Waals surface area contributed by atoms with E-state index in [1.807, 2.05) is 48.5 Å². The quantitative estimate of drug-likeness (QED) is 0.239. The molecule has 0 radical (unpaired) electrons. The van der Waals surface area contributed by atoms with Crippen molar-refractivity contribution in [3.05, 3.63) is 96.1 Å². The Bertz CT molecular complexity index is 1620. The molecule has 0 bridgehead atoms. The normalized spacial score (nSPS) is 10.6. The van der Waals surface area contributed by atoms with E-state index < -0.39 is 0 Å². The van der Waals surface area contributed by atoms with E-state index in [1.54, 1.807) is 36.4 Å². The zero-order valence-electron chi connectivity index (χ0n) is 21.6. The Hall–Kier alpha value is -5.31. The molecule has 2 amide bonds. The summed E-state index contributed by atoms with van der Waals surface area (Å²) in [6, 6.07) is 25.0. The number of methoxy groups -OCH3 is 3. The van der Waals surface area contributed by atoms with Gasteiger partial charge in [0.1, 0.15) is 5.82 Å². The summed E-state index contributed by atoms with van der Waals surface area (Å²) in [5, 5.41) is 5.79. The number of carbonyl (C=O) groups excluding carboxylic acids is 2. The van der Waals surface area contributed by atoms with Gasteiger partial charge in [-0.2, -0.15) is 0 Å². The minimum Gasteiger partial charge on any atom is -0.493 e. The van der Waals surface area contributed by atoms with Crippen LogP contribution < -0.4 is 24.8 Å². The number of benzene rings is 4. The molecule has 39 heavy (non-hydrogen) atoms. The number of nitrogens with one attached hydrogen (secondary N) is 3. The van der Waals surface area contributed by atoms with Crippen molar-refractivity contribution < 1.29 is 23.8 Å². The molecule has 5 rings (SSSR count). The molecule has 4 aromatic carbocycles. The van der Waals surface area contributed by atoms with Crippen LogP contribution in [0.5, 0.6) is 17.2 Å². The molecule has 9 heteroatoms. The molecule has 1 heterocycles. The van der Waals surface area contributed by atoms with Gasteiger partial charge in [0.2, 0.25) is 5.75 Å². The summed E-state index contributed by atoms with van der Waals surface area (Å²) in [4.78, 5) is 33.4. The van der Waals surface area contributed by atoms with E-state index in [4.69, 9.17) is 14.2 Å². The van der Waals surface area contributed by atoms with Crippen LogP contribution in [0.25, 0.3) is 22.4 Å². The number of hydrogen-bond acceptors (Lipinski definition) is 6. The second-order valence-electron chi connectivity index (χ2n) is 8.58. The smallest absolute Gasteiger partial charge is 0.255 e. The van der Waals surface area contributed by atoms with Crippen molar-refractivity contribution in [2.45, 2.75) is 0 Å². The number of aromatic amines is 1. The monoisotopic (exact) mass is 522 g/mol. The lowest BCUT2D eigenvalue weighted by Gasteiger charge is -2.14. The zero-order valence-corrected chi connectivity index (χ0v) is 21.6. The Labute approximate surface area is 224 Å². The van der Waals surface area contributed by atoms with Gasteiger partial charge in [-0.1, -0.05) is 18.2 Å². The average molecular weight is 523 g/mol. The van der Waals surface area contributed by atoms with Crippen LogP contribution in [0.4, 0.5) is 11.4 Å². The van der Waals surface area contributed by atoms with Gasteiger partial charge in [-0.15, -0.1) is 0 Å². The lowest BCUT2D eigenvalue weighted by molar-refractivity contribution is 0.101. The summed E-state index contributed by atoms with van der Waals surface area (Å²) in [7, 11) is 4.50. The third-order valence-corrected chi connectivity index (χ3v) is 6.12. The van der Waals surface area contributed by atoms with Gasteiger partial charge in [0, 0.05) is 28.1 Å². The van der Waals surface area contributed by atoms with E-state index in [0.717, 1.165) is 16.6 Å². The number of fused-ring (bicyclic) bond motifs is 1. The fourth-order valence-electron chi connectivity index (χ4n) is 4.14. The molecule has 0 spiro atoms. The molecule has 5 aromatic rings. The number of nitrogens with zero attached hydrogens (tertiary/aromatic N) is 1. The average Bonchev–Trinajstić information content (AvgIpc) is 3.40. The van der Waals surface area contributed by atoms with Gasteiger partial charge in [0.25, 0.3) is 11.8 Å².